The van der Waals surface area contributed by atoms with E-state index in [2.05, 4.69) is 45.6 Å². The fourth-order valence-electron chi connectivity index (χ4n) is 5.13. The number of piperidine rings is 2. The van der Waals surface area contributed by atoms with Gasteiger partial charge in [0.15, 0.2) is 0 Å². The van der Waals surface area contributed by atoms with Crippen LogP contribution >= 0.6 is 0 Å². The molecule has 0 aliphatic carbocycles. The highest BCUT2D eigenvalue weighted by atomic mass is 16.2. The number of nitrogens with two attached hydrogens (primary N) is 1. The average Bonchev–Trinajstić information content (AvgIpc) is 2.96. The van der Waals surface area contributed by atoms with Crippen molar-refractivity contribution in [2.75, 3.05) is 45.0 Å². The van der Waals surface area contributed by atoms with Crippen LogP contribution in [0.1, 0.15) is 15.9 Å². The van der Waals surface area contributed by atoms with E-state index in [-0.39, 0.29) is 11.3 Å². The molecule has 3 N–H and O–H groups in total. The Morgan fingerprint density at radius 3 is 2.32 bits per heavy atom. The van der Waals surface area contributed by atoms with Crippen molar-refractivity contribution in [1.29, 1.82) is 0 Å². The number of amides is 1. The number of carbonyl (C=O) groups excluding carboxylic acids is 1. The van der Waals surface area contributed by atoms with E-state index in [1.165, 1.54) is 5.56 Å². The Labute approximate surface area is 165 Å². The molecule has 6 rings (SSSR count). The van der Waals surface area contributed by atoms with Crippen molar-refractivity contribution in [2.45, 2.75) is 5.41 Å². The lowest BCUT2D eigenvalue weighted by Crippen LogP contribution is -2.64. The maximum atomic E-state index is 12.7. The van der Waals surface area contributed by atoms with Gasteiger partial charge in [-0.25, -0.2) is 5.43 Å². The Bertz CT molecular complexity index is 910. The average molecular weight is 375 g/mol. The van der Waals surface area contributed by atoms with Gasteiger partial charge < -0.3 is 15.5 Å². The first-order valence-corrected chi connectivity index (χ1v) is 9.89. The molecule has 1 amide bonds. The minimum atomic E-state index is -0.249. The third-order valence-corrected chi connectivity index (χ3v) is 6.36. The molecule has 4 heterocycles. The van der Waals surface area contributed by atoms with Crippen LogP contribution in [0.4, 0.5) is 5.69 Å². The molecule has 2 atom stereocenters. The molecule has 6 heteroatoms. The first-order valence-electron chi connectivity index (χ1n) is 9.89. The molecule has 2 unspecified atom stereocenters. The van der Waals surface area contributed by atoms with E-state index in [0.29, 0.717) is 17.2 Å². The fourth-order valence-corrected chi connectivity index (χ4v) is 5.13. The number of anilines is 1. The normalized spacial score (nSPS) is 32.3. The zero-order valence-electron chi connectivity index (χ0n) is 15.8. The van der Waals surface area contributed by atoms with Gasteiger partial charge in [0.2, 0.25) is 0 Å². The molecular weight excluding hydrogens is 350 g/mol. The summed E-state index contributed by atoms with van der Waals surface area (Å²) in [5, 5.41) is 4.74. The molecular formula is C22H25N5O. The maximum Gasteiger partial charge on any atom is 0.273 e. The summed E-state index contributed by atoms with van der Waals surface area (Å²) in [6, 6.07) is 17.7. The second-order valence-corrected chi connectivity index (χ2v) is 8.14. The lowest BCUT2D eigenvalue weighted by atomic mass is 9.66. The van der Waals surface area contributed by atoms with Gasteiger partial charge in [-0.3, -0.25) is 4.79 Å². The number of benzene rings is 2. The lowest BCUT2D eigenvalue weighted by molar-refractivity contribution is 0.0952. The van der Waals surface area contributed by atoms with Gasteiger partial charge in [0, 0.05) is 50.9 Å². The predicted molar refractivity (Wildman–Crippen MR) is 110 cm³/mol. The Hall–Kier alpha value is -2.70. The molecule has 28 heavy (non-hydrogen) atoms. The number of carbonyl (C=O) groups is 1. The van der Waals surface area contributed by atoms with Crippen LogP contribution in [0.15, 0.2) is 59.7 Å². The number of hydrogen-bond acceptors (Lipinski definition) is 5. The minimum absolute atomic E-state index is 0.172. The summed E-state index contributed by atoms with van der Waals surface area (Å²) in [6.07, 6.45) is 0. The Morgan fingerprint density at radius 1 is 1.00 bits per heavy atom. The van der Waals surface area contributed by atoms with E-state index in [9.17, 15) is 4.79 Å². The van der Waals surface area contributed by atoms with Crippen LogP contribution in [-0.4, -0.2) is 60.7 Å². The fraction of sp³-hybridized carbons (Fsp3) is 0.364. The molecule has 4 aliphatic rings. The highest BCUT2D eigenvalue weighted by Crippen LogP contribution is 2.41. The minimum Gasteiger partial charge on any atom is -0.398 e. The molecule has 0 spiro atoms. The molecule has 4 aliphatic heterocycles. The van der Waals surface area contributed by atoms with Gasteiger partial charge in [-0.2, -0.15) is 5.10 Å². The number of para-hydroxylation sites is 1. The molecule has 0 saturated carbocycles. The molecule has 144 valence electrons. The van der Waals surface area contributed by atoms with Gasteiger partial charge in [0.1, 0.15) is 0 Å². The summed E-state index contributed by atoms with van der Waals surface area (Å²) >= 11 is 0. The molecule has 0 aromatic heterocycles. The van der Waals surface area contributed by atoms with Gasteiger partial charge in [-0.05, 0) is 17.7 Å². The number of rotatable bonds is 3. The van der Waals surface area contributed by atoms with E-state index in [4.69, 9.17) is 10.8 Å². The van der Waals surface area contributed by atoms with E-state index >= 15 is 0 Å². The van der Waals surface area contributed by atoms with Crippen LogP contribution in [0.3, 0.4) is 0 Å². The quantitative estimate of drug-likeness (QED) is 0.631. The molecule has 2 aromatic rings. The molecule has 6 nitrogen and oxygen atoms in total. The van der Waals surface area contributed by atoms with E-state index in [1.807, 2.05) is 12.1 Å². The van der Waals surface area contributed by atoms with Crippen molar-refractivity contribution >= 4 is 17.3 Å². The van der Waals surface area contributed by atoms with Crippen molar-refractivity contribution < 1.29 is 4.79 Å². The Morgan fingerprint density at radius 2 is 1.64 bits per heavy atom. The molecule has 0 radical (unpaired) electrons. The SMILES string of the molecule is Nc1ccccc1C(=O)N/N=C1\C2CN3CCN(C2)CC1(c1ccccc1)C3. The van der Waals surface area contributed by atoms with Crippen molar-refractivity contribution in [2.24, 2.45) is 11.0 Å². The van der Waals surface area contributed by atoms with Crippen LogP contribution in [0, 0.1) is 5.92 Å². The number of nitrogen functional groups attached to an aromatic ring is 1. The van der Waals surface area contributed by atoms with Crippen molar-refractivity contribution in [3.05, 3.63) is 65.7 Å². The summed E-state index contributed by atoms with van der Waals surface area (Å²) in [5.74, 6) is 0.0830. The highest BCUT2D eigenvalue weighted by Gasteiger charge is 2.53. The van der Waals surface area contributed by atoms with Crippen molar-refractivity contribution in [3.8, 4) is 0 Å². The Kier molecular flexibility index (Phi) is 4.18. The first-order chi connectivity index (χ1) is 13.7. The topological polar surface area (TPSA) is 74.0 Å². The predicted octanol–water partition coefficient (Wildman–Crippen LogP) is 1.55. The molecule has 2 aromatic carbocycles. The van der Waals surface area contributed by atoms with Gasteiger partial charge in [0.05, 0.1) is 16.7 Å². The standard InChI is InChI=1S/C22H25N5O/c23-19-9-5-4-8-18(19)21(28)25-24-20-16-12-26-10-11-27(13-16)15-22(20,14-26)17-6-2-1-3-7-17/h1-9,16H,10-15,23H2,(H,25,28)/b24-20+. The van der Waals surface area contributed by atoms with Crippen LogP contribution < -0.4 is 11.2 Å². The number of fused-ring (bicyclic) bond motifs is 1. The zero-order valence-corrected chi connectivity index (χ0v) is 15.8. The van der Waals surface area contributed by atoms with Gasteiger partial charge in [-0.1, -0.05) is 42.5 Å². The number of nitrogens with zero attached hydrogens (tertiary/aromatic N) is 3. The third-order valence-electron chi connectivity index (χ3n) is 6.36. The second-order valence-electron chi connectivity index (χ2n) is 8.14. The van der Waals surface area contributed by atoms with Gasteiger partial charge >= 0.3 is 0 Å². The van der Waals surface area contributed by atoms with E-state index in [0.717, 1.165) is 45.0 Å². The molecule has 4 fully saturated rings. The number of nitrogens with one attached hydrogen (secondary N) is 1. The second kappa shape index (κ2) is 6.72. The smallest absolute Gasteiger partial charge is 0.273 e. The van der Waals surface area contributed by atoms with Crippen LogP contribution in [-0.2, 0) is 5.41 Å². The molecule has 4 saturated heterocycles. The summed E-state index contributed by atoms with van der Waals surface area (Å²) in [5.41, 5.74) is 11.9. The number of hydrogen-bond donors (Lipinski definition) is 2. The van der Waals surface area contributed by atoms with Crippen molar-refractivity contribution in [1.82, 2.24) is 15.2 Å². The van der Waals surface area contributed by atoms with Crippen molar-refractivity contribution in [3.63, 3.8) is 0 Å². The van der Waals surface area contributed by atoms with Crippen LogP contribution in [0.25, 0.3) is 0 Å². The van der Waals surface area contributed by atoms with Crippen LogP contribution in [0.2, 0.25) is 0 Å². The summed E-state index contributed by atoms with van der Waals surface area (Å²) in [4.78, 5) is 17.8. The zero-order chi connectivity index (χ0) is 19.1. The Balaban J connectivity index is 1.53. The summed E-state index contributed by atoms with van der Waals surface area (Å²) < 4.78 is 0. The lowest BCUT2D eigenvalue weighted by Gasteiger charge is -2.50. The molecule has 4 bridgehead atoms. The third kappa shape index (κ3) is 2.80. The maximum absolute atomic E-state index is 12.7. The van der Waals surface area contributed by atoms with Gasteiger partial charge in [-0.15, -0.1) is 0 Å². The monoisotopic (exact) mass is 375 g/mol. The van der Waals surface area contributed by atoms with E-state index < -0.39 is 0 Å². The largest absolute Gasteiger partial charge is 0.398 e. The highest BCUT2D eigenvalue weighted by molar-refractivity contribution is 6.02. The first kappa shape index (κ1) is 17.4. The number of hydrazone groups is 1. The summed E-state index contributed by atoms with van der Waals surface area (Å²) in [7, 11) is 0. The van der Waals surface area contributed by atoms with E-state index in [1.54, 1.807) is 12.1 Å². The summed E-state index contributed by atoms with van der Waals surface area (Å²) in [6.45, 7) is 6.12. The van der Waals surface area contributed by atoms with Crippen LogP contribution in [0.5, 0.6) is 0 Å². The van der Waals surface area contributed by atoms with Gasteiger partial charge in [0.25, 0.3) is 5.91 Å².